The van der Waals surface area contributed by atoms with Gasteiger partial charge in [-0.1, -0.05) is 12.8 Å². The van der Waals surface area contributed by atoms with Gasteiger partial charge < -0.3 is 10.4 Å². The third kappa shape index (κ3) is 3.19. The van der Waals surface area contributed by atoms with E-state index < -0.39 is 17.4 Å². The smallest absolute Gasteiger partial charge is 0.321 e. The molecular formula is C11H16N4O3S. The molecule has 1 fully saturated rings. The molecule has 2 amide bonds. The van der Waals surface area contributed by atoms with Crippen molar-refractivity contribution in [2.75, 3.05) is 11.9 Å². The first-order valence-corrected chi connectivity index (χ1v) is 6.88. The first-order chi connectivity index (χ1) is 9.02. The Kier molecular flexibility index (Phi) is 3.98. The van der Waals surface area contributed by atoms with Crippen LogP contribution in [0.3, 0.4) is 0 Å². The van der Waals surface area contributed by atoms with Crippen LogP contribution in [0.4, 0.5) is 9.93 Å². The molecule has 0 unspecified atom stereocenters. The van der Waals surface area contributed by atoms with E-state index in [0.29, 0.717) is 23.8 Å². The number of carbonyl (C=O) groups is 2. The number of carboxylic acids is 1. The fourth-order valence-corrected chi connectivity index (χ4v) is 2.83. The summed E-state index contributed by atoms with van der Waals surface area (Å²) in [5, 5.41) is 14.8. The molecule has 104 valence electrons. The molecule has 0 bridgehead atoms. The Morgan fingerprint density at radius 1 is 1.42 bits per heavy atom. The van der Waals surface area contributed by atoms with Gasteiger partial charge in [-0.2, -0.15) is 4.37 Å². The number of carbonyl (C=O) groups excluding carboxylic acids is 1. The summed E-state index contributed by atoms with van der Waals surface area (Å²) in [5.74, 6) is -0.241. The zero-order valence-electron chi connectivity index (χ0n) is 10.6. The van der Waals surface area contributed by atoms with Crippen LogP contribution >= 0.6 is 11.5 Å². The first-order valence-electron chi connectivity index (χ1n) is 6.10. The zero-order valence-corrected chi connectivity index (χ0v) is 11.4. The van der Waals surface area contributed by atoms with Gasteiger partial charge in [-0.3, -0.25) is 10.1 Å². The van der Waals surface area contributed by atoms with Gasteiger partial charge in [0, 0.05) is 18.1 Å². The van der Waals surface area contributed by atoms with Gasteiger partial charge in [0.15, 0.2) is 0 Å². The van der Waals surface area contributed by atoms with Crippen molar-refractivity contribution in [3.05, 3.63) is 5.82 Å². The Labute approximate surface area is 114 Å². The van der Waals surface area contributed by atoms with Gasteiger partial charge in [0.05, 0.1) is 5.41 Å². The predicted molar refractivity (Wildman–Crippen MR) is 70.2 cm³/mol. The SMILES string of the molecule is Cc1nsc(NC(=O)NCC2(C(=O)O)CCCC2)n1. The van der Waals surface area contributed by atoms with E-state index in [0.717, 1.165) is 24.4 Å². The molecule has 8 heteroatoms. The highest BCUT2D eigenvalue weighted by atomic mass is 32.1. The van der Waals surface area contributed by atoms with Crippen molar-refractivity contribution in [2.45, 2.75) is 32.6 Å². The average molecular weight is 284 g/mol. The molecule has 3 N–H and O–H groups in total. The third-order valence-corrected chi connectivity index (χ3v) is 4.07. The van der Waals surface area contributed by atoms with E-state index in [2.05, 4.69) is 20.0 Å². The number of hydrogen-bond donors (Lipinski definition) is 3. The van der Waals surface area contributed by atoms with Crippen molar-refractivity contribution in [1.29, 1.82) is 0 Å². The molecule has 19 heavy (non-hydrogen) atoms. The summed E-state index contributed by atoms with van der Waals surface area (Å²) in [5.41, 5.74) is -0.811. The number of nitrogens with one attached hydrogen (secondary N) is 2. The standard InChI is InChI=1S/C11H16N4O3S/c1-7-13-10(19-15-7)14-9(18)12-6-11(8(16)17)4-2-3-5-11/h2-6H2,1H3,(H,16,17)(H2,12,13,14,15,18). The van der Waals surface area contributed by atoms with Crippen molar-refractivity contribution in [1.82, 2.24) is 14.7 Å². The van der Waals surface area contributed by atoms with Crippen molar-refractivity contribution in [3.63, 3.8) is 0 Å². The molecule has 1 aliphatic carbocycles. The van der Waals surface area contributed by atoms with Gasteiger partial charge >= 0.3 is 12.0 Å². The normalized spacial score (nSPS) is 17.1. The lowest BCUT2D eigenvalue weighted by atomic mass is 9.86. The van der Waals surface area contributed by atoms with Crippen LogP contribution < -0.4 is 10.6 Å². The van der Waals surface area contributed by atoms with Crippen molar-refractivity contribution in [2.24, 2.45) is 5.41 Å². The quantitative estimate of drug-likeness (QED) is 0.779. The second-order valence-corrected chi connectivity index (χ2v) is 5.50. The number of hydrogen-bond acceptors (Lipinski definition) is 5. The molecule has 0 spiro atoms. The molecular weight excluding hydrogens is 268 g/mol. The predicted octanol–water partition coefficient (Wildman–Crippen LogP) is 1.61. The van der Waals surface area contributed by atoms with Gasteiger partial charge in [0.1, 0.15) is 5.82 Å². The highest BCUT2D eigenvalue weighted by Gasteiger charge is 2.41. The van der Waals surface area contributed by atoms with Gasteiger partial charge in [-0.15, -0.1) is 0 Å². The lowest BCUT2D eigenvalue weighted by molar-refractivity contribution is -0.148. The number of carboxylic acid groups (broad SMARTS) is 1. The van der Waals surface area contributed by atoms with Crippen molar-refractivity contribution in [3.8, 4) is 0 Å². The van der Waals surface area contributed by atoms with Crippen LogP contribution in [0.5, 0.6) is 0 Å². The van der Waals surface area contributed by atoms with Crippen LogP contribution in [0.25, 0.3) is 0 Å². The summed E-state index contributed by atoms with van der Waals surface area (Å²) in [7, 11) is 0. The number of aromatic nitrogens is 2. The van der Waals surface area contributed by atoms with Crippen LogP contribution in [0.15, 0.2) is 0 Å². The summed E-state index contributed by atoms with van der Waals surface area (Å²) < 4.78 is 3.94. The van der Waals surface area contributed by atoms with Gasteiger partial charge in [-0.05, 0) is 19.8 Å². The van der Waals surface area contributed by atoms with E-state index in [1.54, 1.807) is 6.92 Å². The fraction of sp³-hybridized carbons (Fsp3) is 0.636. The highest BCUT2D eigenvalue weighted by Crippen LogP contribution is 2.37. The molecule has 1 heterocycles. The van der Waals surface area contributed by atoms with Crippen molar-refractivity contribution >= 4 is 28.7 Å². The molecule has 0 radical (unpaired) electrons. The van der Waals surface area contributed by atoms with Crippen LogP contribution in [0.1, 0.15) is 31.5 Å². The second-order valence-electron chi connectivity index (χ2n) is 4.75. The van der Waals surface area contributed by atoms with E-state index in [4.69, 9.17) is 0 Å². The topological polar surface area (TPSA) is 104 Å². The second kappa shape index (κ2) is 5.52. The largest absolute Gasteiger partial charge is 0.481 e. The van der Waals surface area contributed by atoms with Crippen LogP contribution in [0, 0.1) is 12.3 Å². The lowest BCUT2D eigenvalue weighted by Crippen LogP contribution is -2.42. The summed E-state index contributed by atoms with van der Waals surface area (Å²) in [6.07, 6.45) is 3.01. The van der Waals surface area contributed by atoms with E-state index in [-0.39, 0.29) is 6.54 Å². The van der Waals surface area contributed by atoms with Crippen molar-refractivity contribution < 1.29 is 14.7 Å². The molecule has 0 saturated heterocycles. The van der Waals surface area contributed by atoms with E-state index in [1.165, 1.54) is 0 Å². The third-order valence-electron chi connectivity index (χ3n) is 3.35. The van der Waals surface area contributed by atoms with Gasteiger partial charge in [0.2, 0.25) is 5.13 Å². The Morgan fingerprint density at radius 3 is 2.63 bits per heavy atom. The van der Waals surface area contributed by atoms with Crippen LogP contribution in [-0.2, 0) is 4.79 Å². The van der Waals surface area contributed by atoms with Gasteiger partial charge in [0.25, 0.3) is 0 Å². The number of aliphatic carboxylic acids is 1. The molecule has 0 aromatic carbocycles. The molecule has 7 nitrogen and oxygen atoms in total. The Hall–Kier alpha value is -1.70. The maximum atomic E-state index is 11.7. The van der Waals surface area contributed by atoms with E-state index in [9.17, 15) is 14.7 Å². The highest BCUT2D eigenvalue weighted by molar-refractivity contribution is 7.09. The number of aryl methyl sites for hydroxylation is 1. The number of amides is 2. The summed E-state index contributed by atoms with van der Waals surface area (Å²) >= 11 is 1.09. The monoisotopic (exact) mass is 284 g/mol. The summed E-state index contributed by atoms with van der Waals surface area (Å²) in [6.45, 7) is 1.88. The van der Waals surface area contributed by atoms with Crippen LogP contribution in [-0.4, -0.2) is 33.0 Å². The fourth-order valence-electron chi connectivity index (χ4n) is 2.26. The van der Waals surface area contributed by atoms with E-state index >= 15 is 0 Å². The zero-order chi connectivity index (χ0) is 13.9. The first kappa shape index (κ1) is 13.7. The van der Waals surface area contributed by atoms with E-state index in [1.807, 2.05) is 0 Å². The maximum absolute atomic E-state index is 11.7. The minimum absolute atomic E-state index is 0.145. The molecule has 0 aliphatic heterocycles. The van der Waals surface area contributed by atoms with Gasteiger partial charge in [-0.25, -0.2) is 9.78 Å². The Balaban J connectivity index is 1.87. The minimum atomic E-state index is -0.836. The summed E-state index contributed by atoms with van der Waals surface area (Å²) in [4.78, 5) is 27.0. The molecule has 2 rings (SSSR count). The molecule has 1 aromatic rings. The molecule has 0 atom stereocenters. The minimum Gasteiger partial charge on any atom is -0.481 e. The number of anilines is 1. The van der Waals surface area contributed by atoms with Crippen LogP contribution in [0.2, 0.25) is 0 Å². The number of nitrogens with zero attached hydrogens (tertiary/aromatic N) is 2. The number of urea groups is 1. The lowest BCUT2D eigenvalue weighted by Gasteiger charge is -2.23. The maximum Gasteiger partial charge on any atom is 0.321 e. The average Bonchev–Trinajstić information content (AvgIpc) is 2.97. The molecule has 1 saturated carbocycles. The molecule has 1 aliphatic rings. The Morgan fingerprint density at radius 2 is 2.11 bits per heavy atom. The molecule has 1 aromatic heterocycles. The number of rotatable bonds is 4. The summed E-state index contributed by atoms with van der Waals surface area (Å²) in [6, 6.07) is -0.441. The Bertz CT molecular complexity index is 482.